The van der Waals surface area contributed by atoms with Gasteiger partial charge in [0, 0.05) is 17.8 Å². The first-order valence-electron chi connectivity index (χ1n) is 5.29. The fraction of sp³-hybridized carbons (Fsp3) is 0.300. The number of halogens is 1. The van der Waals surface area contributed by atoms with E-state index in [9.17, 15) is 8.42 Å². The lowest BCUT2D eigenvalue weighted by Gasteiger charge is -2.02. The number of thiophene rings is 1. The van der Waals surface area contributed by atoms with Crippen LogP contribution in [0.5, 0.6) is 0 Å². The van der Waals surface area contributed by atoms with Gasteiger partial charge in [-0.05, 0) is 12.1 Å². The van der Waals surface area contributed by atoms with Crippen molar-refractivity contribution >= 4 is 33.0 Å². The first-order valence-corrected chi connectivity index (χ1v) is 7.97. The smallest absolute Gasteiger partial charge is 0.257 e. The highest BCUT2D eigenvalue weighted by molar-refractivity contribution is 7.89. The SMILES string of the molecule is CCc1ncc(S(=O)(=O)NCc2ccc(Cl)s2)[nH]1. The van der Waals surface area contributed by atoms with Crippen molar-refractivity contribution < 1.29 is 8.42 Å². The van der Waals surface area contributed by atoms with E-state index in [1.807, 2.05) is 6.92 Å². The molecule has 18 heavy (non-hydrogen) atoms. The van der Waals surface area contributed by atoms with Crippen LogP contribution in [0.4, 0.5) is 0 Å². The van der Waals surface area contributed by atoms with E-state index in [4.69, 9.17) is 11.6 Å². The highest BCUT2D eigenvalue weighted by Gasteiger charge is 2.16. The number of H-pyrrole nitrogens is 1. The molecule has 8 heteroatoms. The van der Waals surface area contributed by atoms with E-state index < -0.39 is 10.0 Å². The molecule has 0 aliphatic heterocycles. The maximum Gasteiger partial charge on any atom is 0.257 e. The molecule has 98 valence electrons. The second-order valence-electron chi connectivity index (χ2n) is 3.58. The van der Waals surface area contributed by atoms with E-state index in [0.29, 0.717) is 16.6 Å². The number of aromatic nitrogens is 2. The first kappa shape index (κ1) is 13.5. The Morgan fingerprint density at radius 2 is 2.28 bits per heavy atom. The summed E-state index contributed by atoms with van der Waals surface area (Å²) in [6.07, 6.45) is 1.98. The molecular formula is C10H12ClN3O2S2. The molecule has 2 aromatic heterocycles. The predicted molar refractivity (Wildman–Crippen MR) is 71.3 cm³/mol. The van der Waals surface area contributed by atoms with Gasteiger partial charge in [0.1, 0.15) is 5.82 Å². The summed E-state index contributed by atoms with van der Waals surface area (Å²) in [6.45, 7) is 2.12. The number of aryl methyl sites for hydroxylation is 1. The Hall–Kier alpha value is -0.890. The summed E-state index contributed by atoms with van der Waals surface area (Å²) in [4.78, 5) is 7.59. The van der Waals surface area contributed by atoms with Gasteiger partial charge in [-0.1, -0.05) is 18.5 Å². The van der Waals surface area contributed by atoms with Gasteiger partial charge in [0.05, 0.1) is 10.5 Å². The second kappa shape index (κ2) is 5.40. The van der Waals surface area contributed by atoms with Gasteiger partial charge in [-0.3, -0.25) is 0 Å². The number of nitrogens with one attached hydrogen (secondary N) is 2. The quantitative estimate of drug-likeness (QED) is 0.889. The standard InChI is InChI=1S/C10H12ClN3O2S2/c1-2-9-12-6-10(14-9)18(15,16)13-5-7-3-4-8(11)17-7/h3-4,6,13H,2,5H2,1H3,(H,12,14). The maximum atomic E-state index is 11.9. The molecule has 0 aromatic carbocycles. The number of sulfonamides is 1. The van der Waals surface area contributed by atoms with Gasteiger partial charge < -0.3 is 4.98 Å². The Bertz CT molecular complexity index is 633. The van der Waals surface area contributed by atoms with E-state index in [1.54, 1.807) is 12.1 Å². The Morgan fingerprint density at radius 1 is 1.50 bits per heavy atom. The summed E-state index contributed by atoms with van der Waals surface area (Å²) >= 11 is 7.12. The van der Waals surface area contributed by atoms with Crippen LogP contribution in [0, 0.1) is 0 Å². The Balaban J connectivity index is 2.07. The molecule has 0 amide bonds. The monoisotopic (exact) mass is 305 g/mol. The normalized spacial score (nSPS) is 11.9. The van der Waals surface area contributed by atoms with E-state index in [0.717, 1.165) is 4.88 Å². The minimum atomic E-state index is -3.54. The van der Waals surface area contributed by atoms with Crippen molar-refractivity contribution in [3.05, 3.63) is 33.4 Å². The summed E-state index contributed by atoms with van der Waals surface area (Å²) in [7, 11) is -3.54. The molecular weight excluding hydrogens is 294 g/mol. The van der Waals surface area contributed by atoms with Crippen molar-refractivity contribution in [2.75, 3.05) is 0 Å². The Morgan fingerprint density at radius 3 is 2.83 bits per heavy atom. The highest BCUT2D eigenvalue weighted by Crippen LogP contribution is 2.21. The number of imidazole rings is 1. The molecule has 2 N–H and O–H groups in total. The molecule has 2 aromatic rings. The van der Waals surface area contributed by atoms with Crippen LogP contribution in [0.1, 0.15) is 17.6 Å². The van der Waals surface area contributed by atoms with E-state index in [2.05, 4.69) is 14.7 Å². The number of aromatic amines is 1. The summed E-state index contributed by atoms with van der Waals surface area (Å²) in [5.41, 5.74) is 0. The molecule has 0 atom stereocenters. The zero-order chi connectivity index (χ0) is 13.2. The van der Waals surface area contributed by atoms with Crippen molar-refractivity contribution in [1.29, 1.82) is 0 Å². The van der Waals surface area contributed by atoms with Crippen molar-refractivity contribution in [3.8, 4) is 0 Å². The zero-order valence-electron chi connectivity index (χ0n) is 9.60. The average molecular weight is 306 g/mol. The van der Waals surface area contributed by atoms with Crippen LogP contribution in [0.2, 0.25) is 4.34 Å². The van der Waals surface area contributed by atoms with Crippen molar-refractivity contribution in [2.24, 2.45) is 0 Å². The average Bonchev–Trinajstić information content (AvgIpc) is 2.95. The van der Waals surface area contributed by atoms with Crippen LogP contribution >= 0.6 is 22.9 Å². The highest BCUT2D eigenvalue weighted by atomic mass is 35.5. The molecule has 0 saturated carbocycles. The van der Waals surface area contributed by atoms with E-state index >= 15 is 0 Å². The van der Waals surface area contributed by atoms with Crippen molar-refractivity contribution in [3.63, 3.8) is 0 Å². The zero-order valence-corrected chi connectivity index (χ0v) is 12.0. The third-order valence-electron chi connectivity index (χ3n) is 2.29. The van der Waals surface area contributed by atoms with Crippen molar-refractivity contribution in [2.45, 2.75) is 24.9 Å². The molecule has 2 rings (SSSR count). The molecule has 0 unspecified atom stereocenters. The molecule has 0 aliphatic carbocycles. The topological polar surface area (TPSA) is 74.8 Å². The van der Waals surface area contributed by atoms with Gasteiger partial charge >= 0.3 is 0 Å². The summed E-state index contributed by atoms with van der Waals surface area (Å²) in [5.74, 6) is 0.648. The van der Waals surface area contributed by atoms with Crippen LogP contribution < -0.4 is 4.72 Å². The lowest BCUT2D eigenvalue weighted by Crippen LogP contribution is -2.23. The minimum Gasteiger partial charge on any atom is -0.332 e. The number of nitrogens with zero attached hydrogens (tertiary/aromatic N) is 1. The summed E-state index contributed by atoms with van der Waals surface area (Å²) in [6, 6.07) is 3.53. The largest absolute Gasteiger partial charge is 0.332 e. The van der Waals surface area contributed by atoms with Crippen molar-refractivity contribution in [1.82, 2.24) is 14.7 Å². The number of rotatable bonds is 5. The summed E-state index contributed by atoms with van der Waals surface area (Å²) < 4.78 is 27.0. The minimum absolute atomic E-state index is 0.0852. The molecule has 0 bridgehead atoms. The van der Waals surface area contributed by atoms with Crippen LogP contribution in [-0.2, 0) is 23.0 Å². The molecule has 2 heterocycles. The van der Waals surface area contributed by atoms with Gasteiger partial charge in [0.25, 0.3) is 10.0 Å². The molecule has 5 nitrogen and oxygen atoms in total. The van der Waals surface area contributed by atoms with Crippen LogP contribution in [0.15, 0.2) is 23.4 Å². The second-order valence-corrected chi connectivity index (χ2v) is 7.11. The lowest BCUT2D eigenvalue weighted by atomic mass is 10.5. The molecule has 0 fully saturated rings. The number of hydrogen-bond acceptors (Lipinski definition) is 4. The predicted octanol–water partition coefficient (Wildman–Crippen LogP) is 2.17. The fourth-order valence-corrected chi connectivity index (χ4v) is 3.41. The van der Waals surface area contributed by atoms with Crippen LogP contribution in [0.3, 0.4) is 0 Å². The fourth-order valence-electron chi connectivity index (χ4n) is 1.35. The van der Waals surface area contributed by atoms with Crippen LogP contribution in [0.25, 0.3) is 0 Å². The summed E-state index contributed by atoms with van der Waals surface area (Å²) in [5, 5.41) is 0.0852. The third-order valence-corrected chi connectivity index (χ3v) is 4.84. The number of hydrogen-bond donors (Lipinski definition) is 2. The first-order chi connectivity index (χ1) is 8.51. The lowest BCUT2D eigenvalue weighted by molar-refractivity contribution is 0.578. The van der Waals surface area contributed by atoms with Gasteiger partial charge in [-0.25, -0.2) is 18.1 Å². The molecule has 0 radical (unpaired) electrons. The van der Waals surface area contributed by atoms with E-state index in [-0.39, 0.29) is 11.6 Å². The maximum absolute atomic E-state index is 11.9. The van der Waals surface area contributed by atoms with E-state index in [1.165, 1.54) is 17.5 Å². The molecule has 0 spiro atoms. The third kappa shape index (κ3) is 3.11. The van der Waals surface area contributed by atoms with Gasteiger partial charge in [0.2, 0.25) is 0 Å². The Labute approximate surface area is 114 Å². The van der Waals surface area contributed by atoms with Gasteiger partial charge in [0.15, 0.2) is 5.03 Å². The Kier molecular flexibility index (Phi) is 4.06. The van der Waals surface area contributed by atoms with Gasteiger partial charge in [-0.15, -0.1) is 11.3 Å². The van der Waals surface area contributed by atoms with Gasteiger partial charge in [-0.2, -0.15) is 0 Å². The molecule has 0 saturated heterocycles. The van der Waals surface area contributed by atoms with Crippen LogP contribution in [-0.4, -0.2) is 18.4 Å². The molecule has 0 aliphatic rings.